The van der Waals surface area contributed by atoms with Crippen LogP contribution >= 0.6 is 0 Å². The van der Waals surface area contributed by atoms with E-state index >= 15 is 0 Å². The number of ether oxygens (including phenoxy) is 1. The maximum absolute atomic E-state index is 5.32. The zero-order chi connectivity index (χ0) is 18.6. The molecule has 0 atom stereocenters. The molecule has 1 aromatic carbocycles. The third kappa shape index (κ3) is 3.45. The zero-order valence-electron chi connectivity index (χ0n) is 14.9. The zero-order valence-corrected chi connectivity index (χ0v) is 14.9. The van der Waals surface area contributed by atoms with Crippen molar-refractivity contribution in [1.29, 1.82) is 0 Å². The van der Waals surface area contributed by atoms with Crippen LogP contribution in [0.15, 0.2) is 61.2 Å². The Labute approximate surface area is 155 Å². The lowest BCUT2D eigenvalue weighted by Gasteiger charge is -2.09. The number of rotatable bonds is 5. The minimum atomic E-state index is 0.480. The maximum Gasteiger partial charge on any atom is 0.227 e. The lowest BCUT2D eigenvalue weighted by atomic mass is 10.2. The van der Waals surface area contributed by atoms with Crippen LogP contribution in [-0.4, -0.2) is 36.8 Å². The summed E-state index contributed by atoms with van der Waals surface area (Å²) in [6.07, 6.45) is 5.05. The fraction of sp³-hybridized carbons (Fsp3) is 0.105. The highest BCUT2D eigenvalue weighted by Crippen LogP contribution is 2.27. The number of anilines is 2. The first-order valence-corrected chi connectivity index (χ1v) is 8.28. The molecule has 0 amide bonds. The molecule has 4 aromatic rings. The molecule has 4 rings (SSSR count). The Morgan fingerprint density at radius 2 is 1.96 bits per heavy atom. The van der Waals surface area contributed by atoms with Crippen LogP contribution in [0.25, 0.3) is 22.6 Å². The van der Waals surface area contributed by atoms with Crippen molar-refractivity contribution in [3.63, 3.8) is 0 Å². The van der Waals surface area contributed by atoms with Crippen LogP contribution < -0.4 is 10.1 Å². The molecule has 0 fully saturated rings. The van der Waals surface area contributed by atoms with Gasteiger partial charge in [-0.1, -0.05) is 12.1 Å². The average molecular weight is 359 g/mol. The molecule has 0 aliphatic heterocycles. The van der Waals surface area contributed by atoms with Crippen LogP contribution in [0.1, 0.15) is 0 Å². The summed E-state index contributed by atoms with van der Waals surface area (Å²) in [6, 6.07) is 13.4. The van der Waals surface area contributed by atoms with Crippen LogP contribution in [0.5, 0.6) is 5.88 Å². The van der Waals surface area contributed by atoms with Gasteiger partial charge in [0.15, 0.2) is 5.82 Å². The highest BCUT2D eigenvalue weighted by Gasteiger charge is 2.10. The van der Waals surface area contributed by atoms with E-state index < -0.39 is 0 Å². The van der Waals surface area contributed by atoms with Gasteiger partial charge in [0.2, 0.25) is 11.8 Å². The van der Waals surface area contributed by atoms with Gasteiger partial charge in [-0.25, -0.2) is 15.0 Å². The van der Waals surface area contributed by atoms with Gasteiger partial charge in [0.1, 0.15) is 6.33 Å². The lowest BCUT2D eigenvalue weighted by Crippen LogP contribution is -2.00. The van der Waals surface area contributed by atoms with Crippen LogP contribution in [0.3, 0.4) is 0 Å². The molecule has 134 valence electrons. The van der Waals surface area contributed by atoms with E-state index in [1.165, 1.54) is 0 Å². The fourth-order valence-electron chi connectivity index (χ4n) is 2.73. The Morgan fingerprint density at radius 3 is 2.78 bits per heavy atom. The van der Waals surface area contributed by atoms with E-state index in [9.17, 15) is 0 Å². The molecule has 0 radical (unpaired) electrons. The number of benzene rings is 1. The van der Waals surface area contributed by atoms with Gasteiger partial charge in [0.05, 0.1) is 18.4 Å². The first-order chi connectivity index (χ1) is 13.2. The minimum absolute atomic E-state index is 0.480. The number of nitrogens with one attached hydrogen (secondary N) is 1. The molecule has 0 unspecified atom stereocenters. The maximum atomic E-state index is 5.32. The van der Waals surface area contributed by atoms with Crippen molar-refractivity contribution in [2.45, 2.75) is 0 Å². The highest BCUT2D eigenvalue weighted by molar-refractivity contribution is 5.68. The number of pyridine rings is 1. The van der Waals surface area contributed by atoms with Gasteiger partial charge in [0.25, 0.3) is 0 Å². The number of methoxy groups -OCH3 is 1. The normalized spacial score (nSPS) is 10.6. The van der Waals surface area contributed by atoms with Crippen molar-refractivity contribution in [3.05, 3.63) is 61.2 Å². The molecule has 27 heavy (non-hydrogen) atoms. The van der Waals surface area contributed by atoms with Crippen LogP contribution in [0.4, 0.5) is 11.6 Å². The topological polar surface area (TPSA) is 90.6 Å². The second kappa shape index (κ2) is 7.20. The Bertz CT molecular complexity index is 1080. The summed E-state index contributed by atoms with van der Waals surface area (Å²) in [5.74, 6) is 1.79. The largest absolute Gasteiger partial charge is 0.481 e. The summed E-state index contributed by atoms with van der Waals surface area (Å²) in [7, 11) is 3.49. The number of hydrogen-bond acceptors (Lipinski definition) is 7. The summed E-state index contributed by atoms with van der Waals surface area (Å²) < 4.78 is 7.19. The molecule has 0 saturated carbocycles. The van der Waals surface area contributed by atoms with E-state index in [0.29, 0.717) is 11.8 Å². The molecule has 1 N–H and O–H groups in total. The highest BCUT2D eigenvalue weighted by atomic mass is 16.5. The number of hydrogen-bond donors (Lipinski definition) is 1. The summed E-state index contributed by atoms with van der Waals surface area (Å²) >= 11 is 0. The Kier molecular flexibility index (Phi) is 4.44. The van der Waals surface area contributed by atoms with E-state index in [0.717, 1.165) is 28.3 Å². The van der Waals surface area contributed by atoms with Crippen molar-refractivity contribution in [2.75, 3.05) is 12.4 Å². The first-order valence-electron chi connectivity index (χ1n) is 8.28. The summed E-state index contributed by atoms with van der Waals surface area (Å²) in [5.41, 5.74) is 3.33. The van der Waals surface area contributed by atoms with Gasteiger partial charge >= 0.3 is 0 Å². The minimum Gasteiger partial charge on any atom is -0.481 e. The molecule has 0 aliphatic rings. The van der Waals surface area contributed by atoms with Gasteiger partial charge in [-0.05, 0) is 30.3 Å². The van der Waals surface area contributed by atoms with Crippen LogP contribution in [-0.2, 0) is 7.05 Å². The Hall–Kier alpha value is -3.81. The van der Waals surface area contributed by atoms with Crippen molar-refractivity contribution in [1.82, 2.24) is 29.7 Å². The second-order valence-corrected chi connectivity index (χ2v) is 5.80. The molecule has 3 aromatic heterocycles. The van der Waals surface area contributed by atoms with Crippen molar-refractivity contribution >= 4 is 11.6 Å². The summed E-state index contributed by atoms with van der Waals surface area (Å²) in [4.78, 5) is 13.1. The number of aryl methyl sites for hydroxylation is 1. The average Bonchev–Trinajstić information content (AvgIpc) is 3.14. The fourth-order valence-corrected chi connectivity index (χ4v) is 2.73. The van der Waals surface area contributed by atoms with E-state index in [4.69, 9.17) is 4.74 Å². The van der Waals surface area contributed by atoms with Crippen molar-refractivity contribution in [2.24, 2.45) is 7.05 Å². The molecule has 0 bridgehead atoms. The van der Waals surface area contributed by atoms with Gasteiger partial charge < -0.3 is 14.6 Å². The molecule has 3 heterocycles. The summed E-state index contributed by atoms with van der Waals surface area (Å²) in [6.45, 7) is 0. The van der Waals surface area contributed by atoms with Crippen molar-refractivity contribution in [3.8, 4) is 28.5 Å². The molecular weight excluding hydrogens is 342 g/mol. The Balaban J connectivity index is 1.64. The second-order valence-electron chi connectivity index (χ2n) is 5.80. The van der Waals surface area contributed by atoms with E-state index in [1.807, 2.05) is 54.1 Å². The van der Waals surface area contributed by atoms with Gasteiger partial charge in [-0.15, -0.1) is 10.2 Å². The van der Waals surface area contributed by atoms with E-state index in [-0.39, 0.29) is 0 Å². The summed E-state index contributed by atoms with van der Waals surface area (Å²) in [5, 5.41) is 11.3. The van der Waals surface area contributed by atoms with Gasteiger partial charge in [-0.2, -0.15) is 0 Å². The predicted molar refractivity (Wildman–Crippen MR) is 102 cm³/mol. The monoisotopic (exact) mass is 359 g/mol. The lowest BCUT2D eigenvalue weighted by molar-refractivity contribution is 0.399. The van der Waals surface area contributed by atoms with E-state index in [2.05, 4.69) is 30.5 Å². The smallest absolute Gasteiger partial charge is 0.227 e. The van der Waals surface area contributed by atoms with Crippen LogP contribution in [0.2, 0.25) is 0 Å². The number of nitrogens with zero attached hydrogens (tertiary/aromatic N) is 6. The predicted octanol–water partition coefficient (Wildman–Crippen LogP) is 3.09. The molecule has 0 aliphatic carbocycles. The SMILES string of the molecule is COc1ncccc1-c1ccnc(Nc2cccc(-c3nncn3C)c2)n1. The molecule has 8 nitrogen and oxygen atoms in total. The Morgan fingerprint density at radius 1 is 1.04 bits per heavy atom. The molecule has 0 spiro atoms. The van der Waals surface area contributed by atoms with Crippen LogP contribution in [0, 0.1) is 0 Å². The molecule has 8 heteroatoms. The first kappa shape index (κ1) is 16.6. The third-order valence-electron chi connectivity index (χ3n) is 3.98. The van der Waals surface area contributed by atoms with Gasteiger partial charge in [0, 0.05) is 30.7 Å². The standard InChI is InChI=1S/C19H17N7O/c1-26-12-22-25-17(26)13-5-3-6-14(11-13)23-19-21-10-8-16(24-19)15-7-4-9-20-18(15)27-2/h3-12H,1-2H3,(H,21,23,24). The van der Waals surface area contributed by atoms with E-state index in [1.54, 1.807) is 25.8 Å². The molecule has 0 saturated heterocycles. The molecular formula is C19H17N7O. The third-order valence-corrected chi connectivity index (χ3v) is 3.98. The quantitative estimate of drug-likeness (QED) is 0.585. The van der Waals surface area contributed by atoms with Crippen molar-refractivity contribution < 1.29 is 4.74 Å². The van der Waals surface area contributed by atoms with Gasteiger partial charge in [-0.3, -0.25) is 0 Å². The number of aromatic nitrogens is 6.